The fourth-order valence-electron chi connectivity index (χ4n) is 0.517. The van der Waals surface area contributed by atoms with Crippen LogP contribution in [0, 0.1) is 0 Å². The van der Waals surface area contributed by atoms with Crippen molar-refractivity contribution in [2.45, 2.75) is 12.8 Å². The Morgan fingerprint density at radius 3 is 1.25 bits per heavy atom. The van der Waals surface area contributed by atoms with Crippen LogP contribution in [-0.4, -0.2) is 45.6 Å². The molecule has 6 heteroatoms. The second kappa shape index (κ2) is 13.3. The van der Waals surface area contributed by atoms with Gasteiger partial charge in [-0.25, -0.2) is 0 Å². The van der Waals surface area contributed by atoms with E-state index in [4.69, 9.17) is 20.4 Å². The third-order valence-electron chi connectivity index (χ3n) is 1.13. The van der Waals surface area contributed by atoms with Crippen LogP contribution >= 0.6 is 0 Å². The zero-order chi connectivity index (χ0) is 12.8. The van der Waals surface area contributed by atoms with Crippen molar-refractivity contribution in [3.05, 3.63) is 24.3 Å². The lowest BCUT2D eigenvalue weighted by molar-refractivity contribution is -0.137. The maximum Gasteiger partial charge on any atom is 0.307 e. The smallest absolute Gasteiger partial charge is 0.307 e. The Balaban J connectivity index is 0. The van der Waals surface area contributed by atoms with E-state index in [1.54, 1.807) is 0 Å². The standard InChI is InChI=1S/C6H8O4.C4H8O2/c7-5(8)3-1-2-4-6(9)10;5-3-1-2-4-6/h1-2H,3-4H2,(H,7,8)(H,9,10);1-2,5-6H,3-4H2/b2-1+;. The van der Waals surface area contributed by atoms with Gasteiger partial charge in [-0.1, -0.05) is 24.3 Å². The van der Waals surface area contributed by atoms with Gasteiger partial charge in [0.05, 0.1) is 26.1 Å². The highest BCUT2D eigenvalue weighted by atomic mass is 16.4. The van der Waals surface area contributed by atoms with E-state index in [9.17, 15) is 9.59 Å². The van der Waals surface area contributed by atoms with Gasteiger partial charge in [-0.05, 0) is 0 Å². The van der Waals surface area contributed by atoms with Crippen LogP contribution in [0.2, 0.25) is 0 Å². The van der Waals surface area contributed by atoms with E-state index < -0.39 is 11.9 Å². The predicted molar refractivity (Wildman–Crippen MR) is 57.0 cm³/mol. The molecule has 4 N–H and O–H groups in total. The minimum atomic E-state index is -0.957. The highest BCUT2D eigenvalue weighted by molar-refractivity contribution is 5.70. The number of aliphatic carboxylic acids is 2. The van der Waals surface area contributed by atoms with Crippen LogP contribution in [0.4, 0.5) is 0 Å². The van der Waals surface area contributed by atoms with Crippen LogP contribution in [0.3, 0.4) is 0 Å². The van der Waals surface area contributed by atoms with Crippen molar-refractivity contribution < 1.29 is 30.0 Å². The fourth-order valence-corrected chi connectivity index (χ4v) is 0.517. The van der Waals surface area contributed by atoms with Crippen LogP contribution in [0.15, 0.2) is 24.3 Å². The SMILES string of the molecule is O=C(O)C/C=C/CC(=O)O.OCC=CCO. The van der Waals surface area contributed by atoms with Crippen LogP contribution in [-0.2, 0) is 9.59 Å². The van der Waals surface area contributed by atoms with Crippen molar-refractivity contribution in [3.63, 3.8) is 0 Å². The third kappa shape index (κ3) is 22.8. The molecule has 0 aromatic heterocycles. The molecule has 6 nitrogen and oxygen atoms in total. The Labute approximate surface area is 93.2 Å². The molecule has 0 heterocycles. The lowest BCUT2D eigenvalue weighted by Crippen LogP contribution is -1.92. The lowest BCUT2D eigenvalue weighted by atomic mass is 10.3. The van der Waals surface area contributed by atoms with E-state index in [1.807, 2.05) is 0 Å². The zero-order valence-corrected chi connectivity index (χ0v) is 8.74. The normalized spacial score (nSPS) is 10.1. The molecular weight excluding hydrogens is 216 g/mol. The average molecular weight is 232 g/mol. The molecular formula is C10H16O6. The first-order valence-corrected chi connectivity index (χ1v) is 4.49. The molecule has 0 spiro atoms. The van der Waals surface area contributed by atoms with Crippen LogP contribution in [0.1, 0.15) is 12.8 Å². The van der Waals surface area contributed by atoms with Crippen molar-refractivity contribution in [1.82, 2.24) is 0 Å². The van der Waals surface area contributed by atoms with Gasteiger partial charge in [0.15, 0.2) is 0 Å². The second-order valence-electron chi connectivity index (χ2n) is 2.50. The number of hydrogen-bond acceptors (Lipinski definition) is 4. The molecule has 0 atom stereocenters. The fraction of sp³-hybridized carbons (Fsp3) is 0.400. The van der Waals surface area contributed by atoms with Gasteiger partial charge in [0.25, 0.3) is 0 Å². The maximum absolute atomic E-state index is 9.85. The quantitative estimate of drug-likeness (QED) is 0.480. The molecule has 92 valence electrons. The van der Waals surface area contributed by atoms with Crippen LogP contribution < -0.4 is 0 Å². The van der Waals surface area contributed by atoms with Gasteiger partial charge >= 0.3 is 11.9 Å². The van der Waals surface area contributed by atoms with Gasteiger partial charge in [0.1, 0.15) is 0 Å². The molecule has 0 aliphatic carbocycles. The summed E-state index contributed by atoms with van der Waals surface area (Å²) in [5.74, 6) is -1.91. The van der Waals surface area contributed by atoms with Crippen molar-refractivity contribution in [2.24, 2.45) is 0 Å². The number of aliphatic hydroxyl groups is 2. The van der Waals surface area contributed by atoms with Gasteiger partial charge in [0, 0.05) is 0 Å². The number of hydrogen-bond donors (Lipinski definition) is 4. The molecule has 0 aromatic carbocycles. The maximum atomic E-state index is 9.85. The Kier molecular flexibility index (Phi) is 14.0. The molecule has 0 aliphatic heterocycles. The summed E-state index contributed by atoms with van der Waals surface area (Å²) in [6, 6.07) is 0. The molecule has 0 rings (SSSR count). The molecule has 0 bridgehead atoms. The van der Waals surface area contributed by atoms with Crippen LogP contribution in [0.25, 0.3) is 0 Å². The first kappa shape index (κ1) is 16.8. The topological polar surface area (TPSA) is 115 Å². The van der Waals surface area contributed by atoms with Crippen molar-refractivity contribution in [1.29, 1.82) is 0 Å². The summed E-state index contributed by atoms with van der Waals surface area (Å²) in [7, 11) is 0. The van der Waals surface area contributed by atoms with E-state index in [2.05, 4.69) is 0 Å². The Morgan fingerprint density at radius 1 is 0.750 bits per heavy atom. The second-order valence-corrected chi connectivity index (χ2v) is 2.50. The van der Waals surface area contributed by atoms with Crippen molar-refractivity contribution in [3.8, 4) is 0 Å². The van der Waals surface area contributed by atoms with Crippen LogP contribution in [0.5, 0.6) is 0 Å². The Morgan fingerprint density at radius 2 is 1.06 bits per heavy atom. The molecule has 0 saturated carbocycles. The summed E-state index contributed by atoms with van der Waals surface area (Å²) >= 11 is 0. The van der Waals surface area contributed by atoms with Gasteiger partial charge < -0.3 is 20.4 Å². The average Bonchev–Trinajstić information content (AvgIpc) is 2.22. The van der Waals surface area contributed by atoms with E-state index in [0.717, 1.165) is 0 Å². The largest absolute Gasteiger partial charge is 0.481 e. The minimum absolute atomic E-state index is 0.0144. The number of carbonyl (C=O) groups is 2. The molecule has 0 aromatic rings. The summed E-state index contributed by atoms with van der Waals surface area (Å²) in [6.07, 6.45) is 5.37. The number of rotatable bonds is 6. The van der Waals surface area contributed by atoms with E-state index in [-0.39, 0.29) is 26.1 Å². The number of carboxylic acid groups (broad SMARTS) is 2. The first-order valence-electron chi connectivity index (χ1n) is 4.49. The molecule has 0 amide bonds. The Bertz CT molecular complexity index is 220. The molecule has 0 fully saturated rings. The van der Waals surface area contributed by atoms with E-state index in [1.165, 1.54) is 24.3 Å². The summed E-state index contributed by atoms with van der Waals surface area (Å²) in [5, 5.41) is 32.2. The summed E-state index contributed by atoms with van der Waals surface area (Å²) < 4.78 is 0. The summed E-state index contributed by atoms with van der Waals surface area (Å²) in [6.45, 7) is 0.0289. The van der Waals surface area contributed by atoms with Gasteiger partial charge in [-0.15, -0.1) is 0 Å². The van der Waals surface area contributed by atoms with Gasteiger partial charge in [-0.2, -0.15) is 0 Å². The van der Waals surface area contributed by atoms with Crippen molar-refractivity contribution >= 4 is 11.9 Å². The van der Waals surface area contributed by atoms with Gasteiger partial charge in [0.2, 0.25) is 0 Å². The lowest BCUT2D eigenvalue weighted by Gasteiger charge is -1.83. The Hall–Kier alpha value is -1.66. The molecule has 0 radical (unpaired) electrons. The monoisotopic (exact) mass is 232 g/mol. The minimum Gasteiger partial charge on any atom is -0.481 e. The highest BCUT2D eigenvalue weighted by Crippen LogP contribution is 1.86. The molecule has 0 saturated heterocycles. The molecule has 0 unspecified atom stereocenters. The predicted octanol–water partition coefficient (Wildman–Crippen LogP) is 0.0192. The molecule has 16 heavy (non-hydrogen) atoms. The zero-order valence-electron chi connectivity index (χ0n) is 8.74. The third-order valence-corrected chi connectivity index (χ3v) is 1.13. The summed E-state index contributed by atoms with van der Waals surface area (Å²) in [4.78, 5) is 19.7. The first-order chi connectivity index (χ1) is 7.54. The summed E-state index contributed by atoms with van der Waals surface area (Å²) in [5.41, 5.74) is 0. The number of aliphatic hydroxyl groups excluding tert-OH is 2. The van der Waals surface area contributed by atoms with Crippen molar-refractivity contribution in [2.75, 3.05) is 13.2 Å². The van der Waals surface area contributed by atoms with E-state index >= 15 is 0 Å². The van der Waals surface area contributed by atoms with Gasteiger partial charge in [-0.3, -0.25) is 9.59 Å². The number of carboxylic acids is 2. The highest BCUT2D eigenvalue weighted by Gasteiger charge is 1.91. The molecule has 0 aliphatic rings. The van der Waals surface area contributed by atoms with E-state index in [0.29, 0.717) is 0 Å².